The van der Waals surface area contributed by atoms with Crippen molar-refractivity contribution in [1.29, 1.82) is 0 Å². The smallest absolute Gasteiger partial charge is 0.126 e. The van der Waals surface area contributed by atoms with Gasteiger partial charge in [-0.1, -0.05) is 30.3 Å². The monoisotopic (exact) mass is 276 g/mol. The Kier molecular flexibility index (Phi) is 3.65. The maximum Gasteiger partial charge on any atom is 0.126 e. The van der Waals surface area contributed by atoms with Crippen LogP contribution in [0.15, 0.2) is 60.7 Å². The molecule has 0 N–H and O–H groups in total. The largest absolute Gasteiger partial charge is 0.497 e. The predicted molar refractivity (Wildman–Crippen MR) is 84.2 cm³/mol. The molecule has 0 aliphatic heterocycles. The van der Waals surface area contributed by atoms with Crippen LogP contribution in [0.25, 0.3) is 22.5 Å². The third kappa shape index (κ3) is 2.92. The van der Waals surface area contributed by atoms with Crippen molar-refractivity contribution in [3.63, 3.8) is 0 Å². The second kappa shape index (κ2) is 5.75. The van der Waals surface area contributed by atoms with Crippen molar-refractivity contribution >= 4 is 0 Å². The van der Waals surface area contributed by atoms with E-state index in [-0.39, 0.29) is 0 Å². The van der Waals surface area contributed by atoms with Gasteiger partial charge >= 0.3 is 0 Å². The van der Waals surface area contributed by atoms with E-state index >= 15 is 0 Å². The summed E-state index contributed by atoms with van der Waals surface area (Å²) in [6.45, 7) is 1.92. The topological polar surface area (TPSA) is 35.0 Å². The summed E-state index contributed by atoms with van der Waals surface area (Å²) in [7, 11) is 1.66. The molecule has 3 heteroatoms. The number of aryl methyl sites for hydroxylation is 1. The van der Waals surface area contributed by atoms with Crippen molar-refractivity contribution < 1.29 is 4.74 Å². The van der Waals surface area contributed by atoms with Crippen LogP contribution in [0.5, 0.6) is 5.75 Å². The summed E-state index contributed by atoms with van der Waals surface area (Å²) in [5.41, 5.74) is 4.01. The predicted octanol–water partition coefficient (Wildman–Crippen LogP) is 4.13. The summed E-state index contributed by atoms with van der Waals surface area (Å²) < 4.78 is 5.19. The number of methoxy groups -OCH3 is 1. The molecule has 0 aliphatic carbocycles. The van der Waals surface area contributed by atoms with Crippen molar-refractivity contribution in [3.8, 4) is 28.3 Å². The van der Waals surface area contributed by atoms with Gasteiger partial charge < -0.3 is 4.74 Å². The maximum atomic E-state index is 5.19. The number of benzene rings is 2. The molecule has 0 aliphatic rings. The zero-order chi connectivity index (χ0) is 14.7. The fraction of sp³-hybridized carbons (Fsp3) is 0.111. The Balaban J connectivity index is 2.05. The van der Waals surface area contributed by atoms with Crippen molar-refractivity contribution in [2.45, 2.75) is 6.92 Å². The number of hydrogen-bond acceptors (Lipinski definition) is 3. The van der Waals surface area contributed by atoms with Gasteiger partial charge in [-0.25, -0.2) is 9.97 Å². The number of nitrogens with zero attached hydrogens (tertiary/aromatic N) is 2. The molecule has 3 rings (SSSR count). The third-order valence-corrected chi connectivity index (χ3v) is 3.29. The average Bonchev–Trinajstić information content (AvgIpc) is 2.55. The highest BCUT2D eigenvalue weighted by molar-refractivity contribution is 5.68. The van der Waals surface area contributed by atoms with E-state index in [9.17, 15) is 0 Å². The van der Waals surface area contributed by atoms with E-state index in [0.29, 0.717) is 0 Å². The molecule has 0 atom stereocenters. The molecular weight excluding hydrogens is 260 g/mol. The lowest BCUT2D eigenvalue weighted by Gasteiger charge is -2.07. The first-order valence-corrected chi connectivity index (χ1v) is 6.82. The Bertz CT molecular complexity index is 737. The van der Waals surface area contributed by atoms with Gasteiger partial charge in [-0.15, -0.1) is 0 Å². The number of hydrogen-bond donors (Lipinski definition) is 0. The van der Waals surface area contributed by atoms with E-state index in [4.69, 9.17) is 4.74 Å². The standard InChI is InChI=1S/C18H16N2O/c1-13-19-17(14-6-4-3-5-7-14)12-18(20-13)15-8-10-16(21-2)11-9-15/h3-12H,1-2H3. The Hall–Kier alpha value is -2.68. The molecule has 0 unspecified atom stereocenters. The van der Waals surface area contributed by atoms with Gasteiger partial charge in [-0.05, 0) is 37.3 Å². The summed E-state index contributed by atoms with van der Waals surface area (Å²) in [6.07, 6.45) is 0. The fourth-order valence-corrected chi connectivity index (χ4v) is 2.23. The van der Waals surface area contributed by atoms with Crippen LogP contribution < -0.4 is 4.74 Å². The number of ether oxygens (including phenoxy) is 1. The number of aromatic nitrogens is 2. The minimum atomic E-state index is 0.766. The van der Waals surface area contributed by atoms with E-state index in [1.54, 1.807) is 7.11 Å². The molecule has 0 amide bonds. The van der Waals surface area contributed by atoms with Gasteiger partial charge in [-0.3, -0.25) is 0 Å². The summed E-state index contributed by atoms with van der Waals surface area (Å²) in [6, 6.07) is 20.1. The molecule has 0 fully saturated rings. The number of rotatable bonds is 3. The molecule has 0 saturated carbocycles. The second-order valence-corrected chi connectivity index (χ2v) is 4.78. The van der Waals surface area contributed by atoms with Crippen molar-refractivity contribution in [2.75, 3.05) is 7.11 Å². The molecule has 104 valence electrons. The molecule has 1 aromatic heterocycles. The van der Waals surface area contributed by atoms with Crippen LogP contribution in [-0.4, -0.2) is 17.1 Å². The lowest BCUT2D eigenvalue weighted by Crippen LogP contribution is -1.94. The quantitative estimate of drug-likeness (QED) is 0.721. The minimum absolute atomic E-state index is 0.766. The van der Waals surface area contributed by atoms with Gasteiger partial charge in [0.25, 0.3) is 0 Å². The van der Waals surface area contributed by atoms with Gasteiger partial charge in [0.2, 0.25) is 0 Å². The maximum absolute atomic E-state index is 5.19. The highest BCUT2D eigenvalue weighted by Gasteiger charge is 2.06. The Labute approximate surface area is 124 Å². The van der Waals surface area contributed by atoms with E-state index in [0.717, 1.165) is 34.1 Å². The van der Waals surface area contributed by atoms with Crippen molar-refractivity contribution in [3.05, 3.63) is 66.5 Å². The zero-order valence-corrected chi connectivity index (χ0v) is 12.1. The molecule has 2 aromatic carbocycles. The Morgan fingerprint density at radius 3 is 1.90 bits per heavy atom. The first-order valence-electron chi connectivity index (χ1n) is 6.82. The molecule has 0 spiro atoms. The zero-order valence-electron chi connectivity index (χ0n) is 12.1. The fourth-order valence-electron chi connectivity index (χ4n) is 2.23. The van der Waals surface area contributed by atoms with Crippen LogP contribution in [0.1, 0.15) is 5.82 Å². The van der Waals surface area contributed by atoms with E-state index in [1.165, 1.54) is 0 Å². The van der Waals surface area contributed by atoms with Crippen LogP contribution in [-0.2, 0) is 0 Å². The summed E-state index contributed by atoms with van der Waals surface area (Å²) in [5.74, 6) is 1.61. The molecule has 0 bridgehead atoms. The van der Waals surface area contributed by atoms with Crippen LogP contribution >= 0.6 is 0 Å². The van der Waals surface area contributed by atoms with Crippen LogP contribution in [0, 0.1) is 6.92 Å². The van der Waals surface area contributed by atoms with E-state index in [1.807, 2.05) is 55.5 Å². The van der Waals surface area contributed by atoms with Gasteiger partial charge in [0.15, 0.2) is 0 Å². The molecule has 3 nitrogen and oxygen atoms in total. The molecule has 0 radical (unpaired) electrons. The van der Waals surface area contributed by atoms with Crippen LogP contribution in [0.3, 0.4) is 0 Å². The highest BCUT2D eigenvalue weighted by atomic mass is 16.5. The minimum Gasteiger partial charge on any atom is -0.497 e. The van der Waals surface area contributed by atoms with Gasteiger partial charge in [-0.2, -0.15) is 0 Å². The lowest BCUT2D eigenvalue weighted by molar-refractivity contribution is 0.415. The first kappa shape index (κ1) is 13.3. The molecular formula is C18H16N2O. The second-order valence-electron chi connectivity index (χ2n) is 4.78. The van der Waals surface area contributed by atoms with Crippen molar-refractivity contribution in [2.24, 2.45) is 0 Å². The Morgan fingerprint density at radius 1 is 0.762 bits per heavy atom. The SMILES string of the molecule is COc1ccc(-c2cc(-c3ccccc3)nc(C)n2)cc1. The summed E-state index contributed by atoms with van der Waals surface area (Å²) in [4.78, 5) is 9.06. The third-order valence-electron chi connectivity index (χ3n) is 3.29. The van der Waals surface area contributed by atoms with Gasteiger partial charge in [0.05, 0.1) is 18.5 Å². The normalized spacial score (nSPS) is 10.4. The molecule has 3 aromatic rings. The van der Waals surface area contributed by atoms with Gasteiger partial charge in [0.1, 0.15) is 11.6 Å². The van der Waals surface area contributed by atoms with Crippen LogP contribution in [0.2, 0.25) is 0 Å². The molecule has 21 heavy (non-hydrogen) atoms. The van der Waals surface area contributed by atoms with Crippen molar-refractivity contribution in [1.82, 2.24) is 9.97 Å². The first-order chi connectivity index (χ1) is 10.3. The summed E-state index contributed by atoms with van der Waals surface area (Å²) >= 11 is 0. The summed E-state index contributed by atoms with van der Waals surface area (Å²) in [5, 5.41) is 0. The van der Waals surface area contributed by atoms with Crippen LogP contribution in [0.4, 0.5) is 0 Å². The Morgan fingerprint density at radius 2 is 1.33 bits per heavy atom. The molecule has 0 saturated heterocycles. The highest BCUT2D eigenvalue weighted by Crippen LogP contribution is 2.25. The van der Waals surface area contributed by atoms with E-state index < -0.39 is 0 Å². The van der Waals surface area contributed by atoms with Gasteiger partial charge in [0, 0.05) is 11.1 Å². The van der Waals surface area contributed by atoms with E-state index in [2.05, 4.69) is 22.1 Å². The molecule has 1 heterocycles. The lowest BCUT2D eigenvalue weighted by atomic mass is 10.1. The average molecular weight is 276 g/mol.